The van der Waals surface area contributed by atoms with Crippen molar-refractivity contribution in [3.63, 3.8) is 0 Å². The lowest BCUT2D eigenvalue weighted by Crippen LogP contribution is -2.19. The minimum absolute atomic E-state index is 0.0147. The summed E-state index contributed by atoms with van der Waals surface area (Å²) in [6.45, 7) is 0. The summed E-state index contributed by atoms with van der Waals surface area (Å²) < 4.78 is 5.16. The molecule has 0 fully saturated rings. The van der Waals surface area contributed by atoms with Crippen LogP contribution in [0, 0.1) is 0 Å². The number of hydrogen-bond donors (Lipinski definition) is 1. The zero-order chi connectivity index (χ0) is 10.4. The Bertz CT molecular complexity index is 315. The Morgan fingerprint density at radius 2 is 2.21 bits per heavy atom. The van der Waals surface area contributed by atoms with E-state index in [0.717, 1.165) is 10.6 Å². The van der Waals surface area contributed by atoms with Gasteiger partial charge >= 0.3 is 0 Å². The molecule has 1 rings (SSSR count). The summed E-state index contributed by atoms with van der Waals surface area (Å²) in [6.07, 6.45) is 0. The number of methoxy groups -OCH3 is 1. The molecule has 1 aromatic carbocycles. The number of carbonyl (C=O) groups is 1. The number of thioether (sulfide) groups is 1. The van der Waals surface area contributed by atoms with Gasteiger partial charge < -0.3 is 10.1 Å². The predicted octanol–water partition coefficient (Wildman–Crippen LogP) is 1.53. The number of nitrogens with one attached hydrogen (secondary N) is 1. The fraction of sp³-hybridized carbons (Fsp3) is 0.300. The normalized spacial score (nSPS) is 9.57. The van der Waals surface area contributed by atoms with Gasteiger partial charge in [0.2, 0.25) is 5.91 Å². The highest BCUT2D eigenvalue weighted by atomic mass is 32.2. The van der Waals surface area contributed by atoms with Crippen molar-refractivity contribution >= 4 is 17.7 Å². The molecule has 0 unspecified atom stereocenters. The van der Waals surface area contributed by atoms with Crippen molar-refractivity contribution in [2.24, 2.45) is 0 Å². The van der Waals surface area contributed by atoms with E-state index >= 15 is 0 Å². The Hall–Kier alpha value is -1.16. The molecule has 1 N–H and O–H groups in total. The SMILES string of the molecule is CNC(=O)CSc1ccccc1OC. The first-order chi connectivity index (χ1) is 6.77. The van der Waals surface area contributed by atoms with Gasteiger partial charge in [-0.15, -0.1) is 11.8 Å². The van der Waals surface area contributed by atoms with E-state index < -0.39 is 0 Å². The standard InChI is InChI=1S/C10H13NO2S/c1-11-10(12)7-14-9-6-4-3-5-8(9)13-2/h3-6H,7H2,1-2H3,(H,11,12). The van der Waals surface area contributed by atoms with E-state index in [9.17, 15) is 4.79 Å². The summed E-state index contributed by atoms with van der Waals surface area (Å²) in [4.78, 5) is 12.0. The van der Waals surface area contributed by atoms with Crippen molar-refractivity contribution in [1.29, 1.82) is 0 Å². The second-order valence-electron chi connectivity index (χ2n) is 2.61. The number of benzene rings is 1. The molecule has 1 amide bonds. The molecule has 0 aliphatic heterocycles. The fourth-order valence-electron chi connectivity index (χ4n) is 0.954. The van der Waals surface area contributed by atoms with Gasteiger partial charge in [0, 0.05) is 11.9 Å². The maximum Gasteiger partial charge on any atom is 0.230 e. The quantitative estimate of drug-likeness (QED) is 0.768. The predicted molar refractivity (Wildman–Crippen MR) is 57.8 cm³/mol. The van der Waals surface area contributed by atoms with Gasteiger partial charge in [0.25, 0.3) is 0 Å². The molecule has 76 valence electrons. The van der Waals surface area contributed by atoms with Crippen LogP contribution in [0.25, 0.3) is 0 Å². The monoisotopic (exact) mass is 211 g/mol. The van der Waals surface area contributed by atoms with Crippen LogP contribution < -0.4 is 10.1 Å². The smallest absolute Gasteiger partial charge is 0.230 e. The van der Waals surface area contributed by atoms with Crippen LogP contribution in [-0.2, 0) is 4.79 Å². The van der Waals surface area contributed by atoms with Crippen LogP contribution in [0.3, 0.4) is 0 Å². The van der Waals surface area contributed by atoms with E-state index in [2.05, 4.69) is 5.32 Å². The molecule has 0 atom stereocenters. The van der Waals surface area contributed by atoms with E-state index in [1.54, 1.807) is 14.2 Å². The van der Waals surface area contributed by atoms with Crippen molar-refractivity contribution in [3.8, 4) is 5.75 Å². The number of amides is 1. The molecule has 0 saturated heterocycles. The molecule has 0 aliphatic rings. The molecule has 0 radical (unpaired) electrons. The van der Waals surface area contributed by atoms with Crippen molar-refractivity contribution in [2.45, 2.75) is 4.90 Å². The molecule has 0 saturated carbocycles. The number of carbonyl (C=O) groups excluding carboxylic acids is 1. The van der Waals surface area contributed by atoms with E-state index in [4.69, 9.17) is 4.74 Å². The van der Waals surface area contributed by atoms with Gasteiger partial charge in [0.15, 0.2) is 0 Å². The van der Waals surface area contributed by atoms with Gasteiger partial charge in [-0.1, -0.05) is 12.1 Å². The summed E-state index contributed by atoms with van der Waals surface area (Å²) in [5.74, 6) is 1.24. The summed E-state index contributed by atoms with van der Waals surface area (Å²) >= 11 is 1.47. The van der Waals surface area contributed by atoms with E-state index in [-0.39, 0.29) is 5.91 Å². The Morgan fingerprint density at radius 3 is 2.86 bits per heavy atom. The van der Waals surface area contributed by atoms with E-state index in [0.29, 0.717) is 5.75 Å². The molecule has 3 nitrogen and oxygen atoms in total. The topological polar surface area (TPSA) is 38.3 Å². The lowest BCUT2D eigenvalue weighted by atomic mass is 10.3. The van der Waals surface area contributed by atoms with Crippen LogP contribution in [0.4, 0.5) is 0 Å². The number of hydrogen-bond acceptors (Lipinski definition) is 3. The minimum Gasteiger partial charge on any atom is -0.496 e. The molecule has 0 aliphatic carbocycles. The average molecular weight is 211 g/mol. The largest absolute Gasteiger partial charge is 0.496 e. The zero-order valence-electron chi connectivity index (χ0n) is 8.24. The van der Waals surface area contributed by atoms with Gasteiger partial charge in [0.05, 0.1) is 12.9 Å². The zero-order valence-corrected chi connectivity index (χ0v) is 9.06. The van der Waals surface area contributed by atoms with Gasteiger partial charge in [-0.2, -0.15) is 0 Å². The van der Waals surface area contributed by atoms with Gasteiger partial charge in [-0.25, -0.2) is 0 Å². The van der Waals surface area contributed by atoms with Crippen molar-refractivity contribution in [3.05, 3.63) is 24.3 Å². The lowest BCUT2D eigenvalue weighted by Gasteiger charge is -2.06. The summed E-state index contributed by atoms with van der Waals surface area (Å²) in [5, 5.41) is 2.57. The summed E-state index contributed by atoms with van der Waals surface area (Å²) in [7, 11) is 3.25. The number of rotatable bonds is 4. The molecule has 14 heavy (non-hydrogen) atoms. The molecular formula is C10H13NO2S. The summed E-state index contributed by atoms with van der Waals surface area (Å²) in [5.41, 5.74) is 0. The highest BCUT2D eigenvalue weighted by molar-refractivity contribution is 8.00. The molecule has 0 bridgehead atoms. The summed E-state index contributed by atoms with van der Waals surface area (Å²) in [6, 6.07) is 7.65. The van der Waals surface area contributed by atoms with Gasteiger partial charge in [0.1, 0.15) is 5.75 Å². The lowest BCUT2D eigenvalue weighted by molar-refractivity contribution is -0.118. The Kier molecular flexibility index (Phi) is 4.32. The number of ether oxygens (including phenoxy) is 1. The molecule has 0 aromatic heterocycles. The van der Waals surface area contributed by atoms with E-state index in [1.807, 2.05) is 24.3 Å². The van der Waals surface area contributed by atoms with Crippen LogP contribution in [0.15, 0.2) is 29.2 Å². The van der Waals surface area contributed by atoms with Crippen LogP contribution in [-0.4, -0.2) is 25.8 Å². The Balaban J connectivity index is 2.61. The third kappa shape index (κ3) is 2.96. The molecule has 0 spiro atoms. The first-order valence-corrected chi connectivity index (χ1v) is 5.23. The van der Waals surface area contributed by atoms with Gasteiger partial charge in [-0.05, 0) is 12.1 Å². The van der Waals surface area contributed by atoms with Crippen LogP contribution in [0.2, 0.25) is 0 Å². The van der Waals surface area contributed by atoms with Crippen molar-refractivity contribution < 1.29 is 9.53 Å². The number of para-hydroxylation sites is 1. The Labute approximate surface area is 87.8 Å². The molecule has 0 heterocycles. The first kappa shape index (κ1) is 10.9. The third-order valence-electron chi connectivity index (χ3n) is 1.71. The third-order valence-corrected chi connectivity index (χ3v) is 2.76. The maximum atomic E-state index is 11.0. The minimum atomic E-state index is 0.0147. The molecule has 4 heteroatoms. The fourth-order valence-corrected chi connectivity index (χ4v) is 1.85. The first-order valence-electron chi connectivity index (χ1n) is 4.24. The average Bonchev–Trinajstić information content (AvgIpc) is 2.26. The molecule has 1 aromatic rings. The maximum absolute atomic E-state index is 11.0. The van der Waals surface area contributed by atoms with Crippen molar-refractivity contribution in [1.82, 2.24) is 5.32 Å². The van der Waals surface area contributed by atoms with Crippen LogP contribution in [0.5, 0.6) is 5.75 Å². The second-order valence-corrected chi connectivity index (χ2v) is 3.63. The van der Waals surface area contributed by atoms with E-state index in [1.165, 1.54) is 11.8 Å². The van der Waals surface area contributed by atoms with Crippen LogP contribution in [0.1, 0.15) is 0 Å². The highest BCUT2D eigenvalue weighted by Gasteiger charge is 2.04. The second kappa shape index (κ2) is 5.54. The van der Waals surface area contributed by atoms with Gasteiger partial charge in [-0.3, -0.25) is 4.79 Å². The van der Waals surface area contributed by atoms with Crippen molar-refractivity contribution in [2.75, 3.05) is 19.9 Å². The highest BCUT2D eigenvalue weighted by Crippen LogP contribution is 2.28. The Morgan fingerprint density at radius 1 is 1.50 bits per heavy atom. The molecular weight excluding hydrogens is 198 g/mol. The van der Waals surface area contributed by atoms with Crippen LogP contribution >= 0.6 is 11.8 Å².